The van der Waals surface area contributed by atoms with Crippen molar-refractivity contribution in [2.45, 2.75) is 39.3 Å². The van der Waals surface area contributed by atoms with Gasteiger partial charge in [0.05, 0.1) is 17.4 Å². The second-order valence-electron chi connectivity index (χ2n) is 8.35. The van der Waals surface area contributed by atoms with Crippen LogP contribution in [0.3, 0.4) is 0 Å². The zero-order valence-corrected chi connectivity index (χ0v) is 19.9. The number of rotatable bonds is 10. The molecule has 1 atom stereocenters. The van der Waals surface area contributed by atoms with E-state index in [0.29, 0.717) is 23.3 Å². The number of carboxylic acids is 2. The summed E-state index contributed by atoms with van der Waals surface area (Å²) in [4.78, 5) is 56.0. The van der Waals surface area contributed by atoms with Crippen molar-refractivity contribution < 1.29 is 24.6 Å². The minimum absolute atomic E-state index is 0.218. The van der Waals surface area contributed by atoms with Crippen LogP contribution in [0.4, 0.5) is 5.69 Å². The molecule has 0 fully saturated rings. The third kappa shape index (κ3) is 6.27. The molecule has 0 unspecified atom stereocenters. The summed E-state index contributed by atoms with van der Waals surface area (Å²) < 4.78 is 0. The van der Waals surface area contributed by atoms with E-state index in [0.717, 1.165) is 16.8 Å². The number of aliphatic carboxylic acids is 2. The molecule has 1 heterocycles. The van der Waals surface area contributed by atoms with Gasteiger partial charge in [0.25, 0.3) is 11.5 Å². The summed E-state index contributed by atoms with van der Waals surface area (Å²) in [5.74, 6) is 0.0652. The smallest absolute Gasteiger partial charge is 0.326 e. The van der Waals surface area contributed by atoms with E-state index in [2.05, 4.69) is 21.2 Å². The number of terminal acetylenes is 1. The number of carboxylic acid groups (broad SMARTS) is 2. The molecule has 36 heavy (non-hydrogen) atoms. The number of aromatic amines is 1. The van der Waals surface area contributed by atoms with Crippen LogP contribution in [0.1, 0.15) is 40.2 Å². The van der Waals surface area contributed by atoms with E-state index in [1.54, 1.807) is 25.1 Å². The van der Waals surface area contributed by atoms with Gasteiger partial charge in [0.1, 0.15) is 11.9 Å². The molecule has 2 aromatic carbocycles. The van der Waals surface area contributed by atoms with Crippen LogP contribution in [-0.4, -0.2) is 50.6 Å². The summed E-state index contributed by atoms with van der Waals surface area (Å²) in [6, 6.07) is 8.79. The lowest BCUT2D eigenvalue weighted by Crippen LogP contribution is -2.41. The Hall–Kier alpha value is -4.65. The van der Waals surface area contributed by atoms with E-state index in [-0.39, 0.29) is 30.5 Å². The Morgan fingerprint density at radius 3 is 2.47 bits per heavy atom. The molecule has 0 aliphatic carbocycles. The Kier molecular flexibility index (Phi) is 8.07. The number of aryl methyl sites for hydroxylation is 2. The number of amides is 1. The standard InChI is InChI=1S/C26H26N4O6/c1-4-11-30(14-18-13-20-22(12-15(18)2)27-16(3)28-25(20)34)19-7-5-17(6-8-19)24(33)29-21(26(35)36)9-10-23(31)32/h1,5-8,12-13,21H,9-11,14H2,2-3H3,(H,29,33)(H,31,32)(H,35,36)(H,27,28,34)/t21-/m0/s1. The molecule has 1 amide bonds. The van der Waals surface area contributed by atoms with E-state index < -0.39 is 23.9 Å². The number of nitrogens with one attached hydrogen (secondary N) is 2. The molecule has 0 spiro atoms. The monoisotopic (exact) mass is 490 g/mol. The number of hydrogen-bond acceptors (Lipinski definition) is 6. The SMILES string of the molecule is C#CCN(Cc1cc2c(=O)[nH]c(C)nc2cc1C)c1ccc(C(=O)N[C@@H](CCC(=O)O)C(=O)O)cc1. The average molecular weight is 491 g/mol. The van der Waals surface area contributed by atoms with Gasteiger partial charge in [0.2, 0.25) is 0 Å². The molecule has 1 aromatic heterocycles. The lowest BCUT2D eigenvalue weighted by Gasteiger charge is -2.24. The predicted molar refractivity (Wildman–Crippen MR) is 134 cm³/mol. The normalized spacial score (nSPS) is 11.5. The van der Waals surface area contributed by atoms with Crippen LogP contribution in [0.2, 0.25) is 0 Å². The fourth-order valence-corrected chi connectivity index (χ4v) is 3.77. The number of H-pyrrole nitrogens is 1. The minimum atomic E-state index is -1.32. The maximum atomic E-state index is 12.5. The van der Waals surface area contributed by atoms with Gasteiger partial charge in [-0.25, -0.2) is 9.78 Å². The van der Waals surface area contributed by atoms with Gasteiger partial charge in [0.15, 0.2) is 0 Å². The second-order valence-corrected chi connectivity index (χ2v) is 8.35. The second kappa shape index (κ2) is 11.2. The number of anilines is 1. The maximum absolute atomic E-state index is 12.5. The van der Waals surface area contributed by atoms with Crippen LogP contribution < -0.4 is 15.8 Å². The van der Waals surface area contributed by atoms with Crippen LogP contribution in [0, 0.1) is 26.2 Å². The molecule has 10 heteroatoms. The highest BCUT2D eigenvalue weighted by Gasteiger charge is 2.22. The van der Waals surface area contributed by atoms with Crippen molar-refractivity contribution >= 4 is 34.4 Å². The highest BCUT2D eigenvalue weighted by Crippen LogP contribution is 2.22. The van der Waals surface area contributed by atoms with Crippen molar-refractivity contribution in [3.05, 3.63) is 69.3 Å². The van der Waals surface area contributed by atoms with Crippen LogP contribution in [0.15, 0.2) is 41.2 Å². The average Bonchev–Trinajstić information content (AvgIpc) is 2.81. The Labute approximate surface area is 207 Å². The van der Waals surface area contributed by atoms with E-state index in [4.69, 9.17) is 11.5 Å². The van der Waals surface area contributed by atoms with Gasteiger partial charge in [-0.1, -0.05) is 5.92 Å². The van der Waals surface area contributed by atoms with Crippen LogP contribution in [0.25, 0.3) is 10.9 Å². The van der Waals surface area contributed by atoms with Crippen molar-refractivity contribution in [3.63, 3.8) is 0 Å². The lowest BCUT2D eigenvalue weighted by molar-refractivity contribution is -0.140. The highest BCUT2D eigenvalue weighted by molar-refractivity contribution is 5.97. The van der Waals surface area contributed by atoms with Crippen LogP contribution >= 0.6 is 0 Å². The van der Waals surface area contributed by atoms with Gasteiger partial charge in [-0.05, 0) is 67.8 Å². The van der Waals surface area contributed by atoms with Crippen molar-refractivity contribution in [2.24, 2.45) is 0 Å². The maximum Gasteiger partial charge on any atom is 0.326 e. The van der Waals surface area contributed by atoms with Gasteiger partial charge >= 0.3 is 11.9 Å². The zero-order valence-electron chi connectivity index (χ0n) is 19.9. The lowest BCUT2D eigenvalue weighted by atomic mass is 10.0. The third-order valence-electron chi connectivity index (χ3n) is 5.67. The first-order valence-electron chi connectivity index (χ1n) is 11.1. The van der Waals surface area contributed by atoms with Crippen molar-refractivity contribution in [3.8, 4) is 12.3 Å². The summed E-state index contributed by atoms with van der Waals surface area (Å²) in [5, 5.41) is 20.9. The molecule has 3 rings (SSSR count). The number of nitrogens with zero attached hydrogens (tertiary/aromatic N) is 2. The first-order valence-corrected chi connectivity index (χ1v) is 11.1. The van der Waals surface area contributed by atoms with E-state index in [1.165, 1.54) is 12.1 Å². The fraction of sp³-hybridized carbons (Fsp3) is 0.269. The number of carbonyl (C=O) groups is 3. The summed E-state index contributed by atoms with van der Waals surface area (Å²) in [6.07, 6.45) is 4.97. The highest BCUT2D eigenvalue weighted by atomic mass is 16.4. The molecular weight excluding hydrogens is 464 g/mol. The van der Waals surface area contributed by atoms with Gasteiger partial charge in [-0.2, -0.15) is 0 Å². The van der Waals surface area contributed by atoms with Crippen molar-refractivity contribution in [2.75, 3.05) is 11.4 Å². The number of hydrogen-bond donors (Lipinski definition) is 4. The minimum Gasteiger partial charge on any atom is -0.481 e. The third-order valence-corrected chi connectivity index (χ3v) is 5.67. The first-order chi connectivity index (χ1) is 17.1. The molecule has 0 bridgehead atoms. The molecule has 0 saturated heterocycles. The van der Waals surface area contributed by atoms with Gasteiger partial charge in [0, 0.05) is 24.2 Å². The van der Waals surface area contributed by atoms with Gasteiger partial charge in [-0.15, -0.1) is 6.42 Å². The molecule has 0 saturated carbocycles. The molecule has 186 valence electrons. The number of carbonyl (C=O) groups excluding carboxylic acids is 1. The zero-order chi connectivity index (χ0) is 26.4. The van der Waals surface area contributed by atoms with Gasteiger partial charge in [-0.3, -0.25) is 14.4 Å². The molecule has 0 radical (unpaired) electrons. The molecule has 0 aliphatic heterocycles. The Bertz CT molecular complexity index is 1400. The Morgan fingerprint density at radius 2 is 1.86 bits per heavy atom. The topological polar surface area (TPSA) is 153 Å². The number of benzene rings is 2. The molecule has 10 nitrogen and oxygen atoms in total. The quantitative estimate of drug-likeness (QED) is 0.316. The number of fused-ring (bicyclic) bond motifs is 1. The van der Waals surface area contributed by atoms with Crippen LogP contribution in [-0.2, 0) is 16.1 Å². The number of aromatic nitrogens is 2. The Balaban J connectivity index is 1.81. The van der Waals surface area contributed by atoms with Crippen molar-refractivity contribution in [1.29, 1.82) is 0 Å². The largest absolute Gasteiger partial charge is 0.481 e. The van der Waals surface area contributed by atoms with E-state index >= 15 is 0 Å². The summed E-state index contributed by atoms with van der Waals surface area (Å²) in [5.41, 5.74) is 3.16. The first kappa shape index (κ1) is 26.0. The summed E-state index contributed by atoms with van der Waals surface area (Å²) in [6.45, 7) is 4.32. The van der Waals surface area contributed by atoms with Crippen molar-refractivity contribution in [1.82, 2.24) is 15.3 Å². The van der Waals surface area contributed by atoms with Gasteiger partial charge < -0.3 is 25.4 Å². The Morgan fingerprint density at radius 1 is 1.17 bits per heavy atom. The summed E-state index contributed by atoms with van der Waals surface area (Å²) in [7, 11) is 0. The van der Waals surface area contributed by atoms with Crippen LogP contribution in [0.5, 0.6) is 0 Å². The molecule has 4 N–H and O–H groups in total. The summed E-state index contributed by atoms with van der Waals surface area (Å²) >= 11 is 0. The predicted octanol–water partition coefficient (Wildman–Crippen LogP) is 2.23. The molecular formula is C26H26N4O6. The molecule has 3 aromatic rings. The van der Waals surface area contributed by atoms with E-state index in [1.807, 2.05) is 17.9 Å². The molecule has 0 aliphatic rings. The van der Waals surface area contributed by atoms with E-state index in [9.17, 15) is 24.3 Å². The fourth-order valence-electron chi connectivity index (χ4n) is 3.77.